The van der Waals surface area contributed by atoms with Crippen LogP contribution in [0.4, 0.5) is 0 Å². The van der Waals surface area contributed by atoms with E-state index in [-0.39, 0.29) is 30.9 Å². The van der Waals surface area contributed by atoms with E-state index in [1.807, 2.05) is 37.3 Å². The van der Waals surface area contributed by atoms with Crippen molar-refractivity contribution in [3.05, 3.63) is 35.9 Å². The lowest BCUT2D eigenvalue weighted by atomic mass is 9.97. The van der Waals surface area contributed by atoms with Crippen LogP contribution in [0.25, 0.3) is 0 Å². The Morgan fingerprint density at radius 3 is 2.36 bits per heavy atom. The number of benzene rings is 1. The van der Waals surface area contributed by atoms with Gasteiger partial charge in [0, 0.05) is 5.92 Å². The van der Waals surface area contributed by atoms with Gasteiger partial charge in [-0.05, 0) is 39.2 Å². The molecule has 0 bridgehead atoms. The molecule has 0 aliphatic heterocycles. The molecule has 0 saturated heterocycles. The molecule has 5 heteroatoms. The van der Waals surface area contributed by atoms with E-state index in [1.165, 1.54) is 0 Å². The maximum Gasteiger partial charge on any atom is 0.307 e. The van der Waals surface area contributed by atoms with Crippen molar-refractivity contribution < 1.29 is 19.4 Å². The number of hydrogen-bond acceptors (Lipinski definition) is 4. The summed E-state index contributed by atoms with van der Waals surface area (Å²) in [6.45, 7) is 7.25. The SMILES string of the molecule is CCCC(CC(=O)OC(C)(C)C)C(=O)NC(CO)Cc1ccccc1. The molecule has 2 atom stereocenters. The van der Waals surface area contributed by atoms with Crippen LogP contribution in [-0.4, -0.2) is 35.2 Å². The maximum atomic E-state index is 12.6. The minimum atomic E-state index is -0.564. The number of carbonyl (C=O) groups excluding carboxylic acids is 2. The van der Waals surface area contributed by atoms with Gasteiger partial charge < -0.3 is 15.2 Å². The van der Waals surface area contributed by atoms with Gasteiger partial charge in [-0.1, -0.05) is 43.7 Å². The van der Waals surface area contributed by atoms with E-state index in [0.29, 0.717) is 12.8 Å². The Morgan fingerprint density at radius 1 is 1.20 bits per heavy atom. The average Bonchev–Trinajstić information content (AvgIpc) is 2.53. The third-order valence-corrected chi connectivity index (χ3v) is 3.73. The van der Waals surface area contributed by atoms with Crippen molar-refractivity contribution in [2.75, 3.05) is 6.61 Å². The van der Waals surface area contributed by atoms with Crippen LogP contribution in [-0.2, 0) is 20.7 Å². The Morgan fingerprint density at radius 2 is 1.84 bits per heavy atom. The van der Waals surface area contributed by atoms with Crippen molar-refractivity contribution in [1.29, 1.82) is 0 Å². The van der Waals surface area contributed by atoms with E-state index >= 15 is 0 Å². The predicted octanol–water partition coefficient (Wildman–Crippen LogP) is 2.85. The van der Waals surface area contributed by atoms with Gasteiger partial charge in [-0.15, -0.1) is 0 Å². The lowest BCUT2D eigenvalue weighted by molar-refractivity contribution is -0.157. The molecule has 140 valence electrons. The Balaban J connectivity index is 2.65. The van der Waals surface area contributed by atoms with E-state index in [0.717, 1.165) is 12.0 Å². The van der Waals surface area contributed by atoms with Crippen molar-refractivity contribution in [1.82, 2.24) is 5.32 Å². The summed E-state index contributed by atoms with van der Waals surface area (Å²) in [4.78, 5) is 24.6. The molecule has 5 nitrogen and oxygen atoms in total. The smallest absolute Gasteiger partial charge is 0.307 e. The van der Waals surface area contributed by atoms with E-state index in [4.69, 9.17) is 4.74 Å². The summed E-state index contributed by atoms with van der Waals surface area (Å²) in [5, 5.41) is 12.4. The predicted molar refractivity (Wildman–Crippen MR) is 98.0 cm³/mol. The van der Waals surface area contributed by atoms with Gasteiger partial charge in [0.2, 0.25) is 5.91 Å². The van der Waals surface area contributed by atoms with Crippen LogP contribution in [0.5, 0.6) is 0 Å². The largest absolute Gasteiger partial charge is 0.460 e. The zero-order valence-electron chi connectivity index (χ0n) is 15.7. The van der Waals surface area contributed by atoms with Crippen LogP contribution in [0.2, 0.25) is 0 Å². The van der Waals surface area contributed by atoms with Crippen molar-refractivity contribution in [3.63, 3.8) is 0 Å². The molecule has 0 spiro atoms. The highest BCUT2D eigenvalue weighted by Gasteiger charge is 2.26. The molecule has 1 aromatic carbocycles. The molecule has 25 heavy (non-hydrogen) atoms. The Labute approximate surface area is 150 Å². The Kier molecular flexibility index (Phi) is 8.62. The number of ether oxygens (including phenoxy) is 1. The minimum Gasteiger partial charge on any atom is -0.460 e. The number of carbonyl (C=O) groups is 2. The zero-order valence-corrected chi connectivity index (χ0v) is 15.7. The first-order valence-electron chi connectivity index (χ1n) is 8.92. The van der Waals surface area contributed by atoms with Crippen molar-refractivity contribution >= 4 is 11.9 Å². The summed E-state index contributed by atoms with van der Waals surface area (Å²) in [6, 6.07) is 9.32. The number of amides is 1. The maximum absolute atomic E-state index is 12.6. The van der Waals surface area contributed by atoms with Gasteiger partial charge in [-0.2, -0.15) is 0 Å². The Bertz CT molecular complexity index is 536. The fraction of sp³-hybridized carbons (Fsp3) is 0.600. The van der Waals surface area contributed by atoms with Crippen LogP contribution < -0.4 is 5.32 Å². The summed E-state index contributed by atoms with van der Waals surface area (Å²) < 4.78 is 5.32. The van der Waals surface area contributed by atoms with Crippen LogP contribution in [0.1, 0.15) is 52.5 Å². The third kappa shape index (κ3) is 8.68. The molecule has 0 aromatic heterocycles. The van der Waals surface area contributed by atoms with Gasteiger partial charge in [0.1, 0.15) is 5.60 Å². The molecule has 0 aliphatic rings. The van der Waals surface area contributed by atoms with Crippen molar-refractivity contribution in [2.24, 2.45) is 5.92 Å². The highest BCUT2D eigenvalue weighted by molar-refractivity contribution is 5.84. The number of hydrogen-bond donors (Lipinski definition) is 2. The first-order chi connectivity index (χ1) is 11.7. The quantitative estimate of drug-likeness (QED) is 0.672. The van der Waals surface area contributed by atoms with Crippen molar-refractivity contribution in [2.45, 2.75) is 65.0 Å². The van der Waals surface area contributed by atoms with Gasteiger partial charge >= 0.3 is 5.97 Å². The van der Waals surface area contributed by atoms with Crippen LogP contribution in [0.15, 0.2) is 30.3 Å². The topological polar surface area (TPSA) is 75.6 Å². The molecule has 0 radical (unpaired) electrons. The second-order valence-electron chi connectivity index (χ2n) is 7.35. The van der Waals surface area contributed by atoms with Gasteiger partial charge in [0.15, 0.2) is 0 Å². The lowest BCUT2D eigenvalue weighted by Gasteiger charge is -2.23. The van der Waals surface area contributed by atoms with Gasteiger partial charge in [-0.25, -0.2) is 0 Å². The van der Waals surface area contributed by atoms with Crippen LogP contribution in [0, 0.1) is 5.92 Å². The highest BCUT2D eigenvalue weighted by Crippen LogP contribution is 2.17. The summed E-state index contributed by atoms with van der Waals surface area (Å²) in [6.07, 6.45) is 2.01. The number of esters is 1. The number of aliphatic hydroxyl groups excluding tert-OH is 1. The molecule has 1 aromatic rings. The number of rotatable bonds is 9. The van der Waals surface area contributed by atoms with E-state index in [1.54, 1.807) is 20.8 Å². The summed E-state index contributed by atoms with van der Waals surface area (Å²) in [5.41, 5.74) is 0.478. The normalized spacial score (nSPS) is 13.8. The van der Waals surface area contributed by atoms with E-state index in [2.05, 4.69) is 5.32 Å². The molecule has 0 aliphatic carbocycles. The summed E-state index contributed by atoms with van der Waals surface area (Å²) >= 11 is 0. The zero-order chi connectivity index (χ0) is 18.9. The first-order valence-corrected chi connectivity index (χ1v) is 8.92. The molecular formula is C20H31NO4. The fourth-order valence-electron chi connectivity index (χ4n) is 2.64. The molecule has 0 fully saturated rings. The Hall–Kier alpha value is -1.88. The standard InChI is InChI=1S/C20H31NO4/c1-5-9-16(13-18(23)25-20(2,3)4)19(24)21-17(14-22)12-15-10-7-6-8-11-15/h6-8,10-11,16-17,22H,5,9,12-14H2,1-4H3,(H,21,24). The number of aliphatic hydroxyl groups is 1. The van der Waals surface area contributed by atoms with Crippen molar-refractivity contribution in [3.8, 4) is 0 Å². The molecule has 2 unspecified atom stereocenters. The first kappa shape index (κ1) is 21.2. The lowest BCUT2D eigenvalue weighted by Crippen LogP contribution is -2.43. The second kappa shape index (κ2) is 10.2. The highest BCUT2D eigenvalue weighted by atomic mass is 16.6. The molecule has 0 saturated carbocycles. The minimum absolute atomic E-state index is 0.0560. The molecule has 2 N–H and O–H groups in total. The summed E-state index contributed by atoms with van der Waals surface area (Å²) in [5.74, 6) is -1.02. The third-order valence-electron chi connectivity index (χ3n) is 3.73. The number of nitrogens with one attached hydrogen (secondary N) is 1. The monoisotopic (exact) mass is 349 g/mol. The fourth-order valence-corrected chi connectivity index (χ4v) is 2.64. The van der Waals surface area contributed by atoms with Crippen LogP contribution in [0.3, 0.4) is 0 Å². The van der Waals surface area contributed by atoms with Crippen LogP contribution >= 0.6 is 0 Å². The van der Waals surface area contributed by atoms with E-state index in [9.17, 15) is 14.7 Å². The molecule has 0 heterocycles. The molecular weight excluding hydrogens is 318 g/mol. The second-order valence-corrected chi connectivity index (χ2v) is 7.35. The van der Waals surface area contributed by atoms with Gasteiger partial charge in [-0.3, -0.25) is 9.59 Å². The summed E-state index contributed by atoms with van der Waals surface area (Å²) in [7, 11) is 0. The van der Waals surface area contributed by atoms with Gasteiger partial charge in [0.25, 0.3) is 0 Å². The molecule has 1 amide bonds. The van der Waals surface area contributed by atoms with Gasteiger partial charge in [0.05, 0.1) is 19.1 Å². The van der Waals surface area contributed by atoms with E-state index < -0.39 is 11.5 Å². The average molecular weight is 349 g/mol. The molecule has 1 rings (SSSR count).